The van der Waals surface area contributed by atoms with Crippen molar-refractivity contribution in [3.05, 3.63) is 29.3 Å². The van der Waals surface area contributed by atoms with E-state index in [-0.39, 0.29) is 11.9 Å². The molecule has 0 aromatic heterocycles. The summed E-state index contributed by atoms with van der Waals surface area (Å²) >= 11 is 0. The van der Waals surface area contributed by atoms with Crippen molar-refractivity contribution >= 4 is 11.6 Å². The van der Waals surface area contributed by atoms with E-state index in [0.717, 1.165) is 24.2 Å². The third-order valence-corrected chi connectivity index (χ3v) is 2.92. The van der Waals surface area contributed by atoms with Crippen molar-refractivity contribution in [1.29, 1.82) is 0 Å². The van der Waals surface area contributed by atoms with Crippen molar-refractivity contribution in [3.8, 4) is 0 Å². The van der Waals surface area contributed by atoms with Gasteiger partial charge in [0.15, 0.2) is 0 Å². The molecular formula is C15H24N2O2. The van der Waals surface area contributed by atoms with Crippen LogP contribution in [0.5, 0.6) is 0 Å². The zero-order chi connectivity index (χ0) is 14.3. The number of methoxy groups -OCH3 is 1. The average molecular weight is 264 g/mol. The summed E-state index contributed by atoms with van der Waals surface area (Å²) < 4.78 is 5.02. The zero-order valence-corrected chi connectivity index (χ0v) is 12.2. The fraction of sp³-hybridized carbons (Fsp3) is 0.533. The van der Waals surface area contributed by atoms with Crippen molar-refractivity contribution in [2.45, 2.75) is 33.2 Å². The van der Waals surface area contributed by atoms with Gasteiger partial charge in [-0.1, -0.05) is 11.6 Å². The Balaban J connectivity index is 2.77. The van der Waals surface area contributed by atoms with Crippen LogP contribution in [-0.2, 0) is 4.74 Å². The number of amides is 1. The summed E-state index contributed by atoms with van der Waals surface area (Å²) in [5.41, 5.74) is 2.66. The molecule has 0 heterocycles. The summed E-state index contributed by atoms with van der Waals surface area (Å²) in [6, 6.07) is 5.97. The fourth-order valence-corrected chi connectivity index (χ4v) is 1.86. The fourth-order valence-electron chi connectivity index (χ4n) is 1.86. The normalized spacial score (nSPS) is 12.0. The lowest BCUT2D eigenvalue weighted by Gasteiger charge is -2.16. The second kappa shape index (κ2) is 7.79. The molecular weight excluding hydrogens is 240 g/mol. The first-order valence-electron chi connectivity index (χ1n) is 6.72. The lowest BCUT2D eigenvalue weighted by Crippen LogP contribution is -2.33. The predicted molar refractivity (Wildman–Crippen MR) is 78.8 cm³/mol. The number of carbonyl (C=O) groups excluding carboxylic acids is 1. The van der Waals surface area contributed by atoms with E-state index in [4.69, 9.17) is 4.74 Å². The third kappa shape index (κ3) is 4.91. The number of carbonyl (C=O) groups is 1. The van der Waals surface area contributed by atoms with Gasteiger partial charge >= 0.3 is 0 Å². The summed E-state index contributed by atoms with van der Waals surface area (Å²) in [6.45, 7) is 7.43. The van der Waals surface area contributed by atoms with Gasteiger partial charge < -0.3 is 15.4 Å². The van der Waals surface area contributed by atoms with Crippen LogP contribution in [0.2, 0.25) is 0 Å². The number of anilines is 1. The van der Waals surface area contributed by atoms with Crippen molar-refractivity contribution in [3.63, 3.8) is 0 Å². The van der Waals surface area contributed by atoms with Crippen LogP contribution in [0.15, 0.2) is 18.2 Å². The number of hydrogen-bond donors (Lipinski definition) is 2. The minimum Gasteiger partial charge on any atom is -0.385 e. The van der Waals surface area contributed by atoms with E-state index in [2.05, 4.69) is 10.6 Å². The van der Waals surface area contributed by atoms with Gasteiger partial charge in [0.1, 0.15) is 0 Å². The predicted octanol–water partition coefficient (Wildman–Crippen LogP) is 2.58. The van der Waals surface area contributed by atoms with Gasteiger partial charge in [-0.3, -0.25) is 4.79 Å². The molecule has 0 bridgehead atoms. The van der Waals surface area contributed by atoms with Crippen LogP contribution < -0.4 is 10.6 Å². The van der Waals surface area contributed by atoms with E-state index < -0.39 is 0 Å². The Hall–Kier alpha value is -1.55. The molecule has 1 rings (SSSR count). The smallest absolute Gasteiger partial charge is 0.253 e. The summed E-state index contributed by atoms with van der Waals surface area (Å²) in [5, 5.41) is 6.21. The monoisotopic (exact) mass is 264 g/mol. The molecule has 106 valence electrons. The molecule has 1 aromatic carbocycles. The van der Waals surface area contributed by atoms with Crippen molar-refractivity contribution in [1.82, 2.24) is 5.32 Å². The molecule has 0 radical (unpaired) electrons. The maximum absolute atomic E-state index is 12.3. The quantitative estimate of drug-likeness (QED) is 0.796. The Morgan fingerprint density at radius 1 is 1.42 bits per heavy atom. The highest BCUT2D eigenvalue weighted by atomic mass is 16.5. The Labute approximate surface area is 115 Å². The largest absolute Gasteiger partial charge is 0.385 e. The maximum Gasteiger partial charge on any atom is 0.253 e. The average Bonchev–Trinajstić information content (AvgIpc) is 2.38. The standard InChI is InChI=1S/C15H24N2O2/c1-5-16-14-7-6-11(2)10-13(14)15(18)17-12(3)8-9-19-4/h6-7,10,12,16H,5,8-9H2,1-4H3,(H,17,18). The van der Waals surface area contributed by atoms with Crippen LogP contribution >= 0.6 is 0 Å². The number of ether oxygens (including phenoxy) is 1. The summed E-state index contributed by atoms with van der Waals surface area (Å²) in [5.74, 6) is -0.0387. The van der Waals surface area contributed by atoms with Crippen molar-refractivity contribution in [2.75, 3.05) is 25.6 Å². The molecule has 0 aliphatic heterocycles. The Morgan fingerprint density at radius 3 is 2.79 bits per heavy atom. The van der Waals surface area contributed by atoms with Gasteiger partial charge in [-0.15, -0.1) is 0 Å². The summed E-state index contributed by atoms with van der Waals surface area (Å²) in [6.07, 6.45) is 0.810. The van der Waals surface area contributed by atoms with Gasteiger partial charge in [-0.05, 0) is 39.3 Å². The number of rotatable bonds is 7. The molecule has 4 nitrogen and oxygen atoms in total. The molecule has 1 unspecified atom stereocenters. The number of hydrogen-bond acceptors (Lipinski definition) is 3. The van der Waals surface area contributed by atoms with E-state index in [0.29, 0.717) is 12.2 Å². The van der Waals surface area contributed by atoms with Gasteiger partial charge in [0.2, 0.25) is 0 Å². The van der Waals surface area contributed by atoms with E-state index in [1.807, 2.05) is 39.0 Å². The molecule has 0 spiro atoms. The minimum absolute atomic E-state index is 0.0387. The van der Waals surface area contributed by atoms with Gasteiger partial charge in [0, 0.05) is 32.0 Å². The SMILES string of the molecule is CCNc1ccc(C)cc1C(=O)NC(C)CCOC. The first kappa shape index (κ1) is 15.5. The number of benzene rings is 1. The van der Waals surface area contributed by atoms with Gasteiger partial charge in [-0.25, -0.2) is 0 Å². The van der Waals surface area contributed by atoms with Crippen LogP contribution in [0.4, 0.5) is 5.69 Å². The highest BCUT2D eigenvalue weighted by Crippen LogP contribution is 2.17. The highest BCUT2D eigenvalue weighted by Gasteiger charge is 2.13. The molecule has 0 aliphatic rings. The Morgan fingerprint density at radius 2 is 2.16 bits per heavy atom. The lowest BCUT2D eigenvalue weighted by molar-refractivity contribution is 0.0930. The first-order valence-corrected chi connectivity index (χ1v) is 6.72. The summed E-state index contributed by atoms with van der Waals surface area (Å²) in [7, 11) is 1.67. The molecule has 2 N–H and O–H groups in total. The Bertz CT molecular complexity index is 419. The molecule has 1 aromatic rings. The summed E-state index contributed by atoms with van der Waals surface area (Å²) in [4.78, 5) is 12.3. The van der Waals surface area contributed by atoms with Crippen molar-refractivity contribution < 1.29 is 9.53 Å². The maximum atomic E-state index is 12.3. The molecule has 19 heavy (non-hydrogen) atoms. The highest BCUT2D eigenvalue weighted by molar-refractivity contribution is 6.00. The van der Waals surface area contributed by atoms with E-state index in [1.54, 1.807) is 7.11 Å². The van der Waals surface area contributed by atoms with Crippen LogP contribution in [0.3, 0.4) is 0 Å². The second-order valence-corrected chi connectivity index (χ2v) is 4.74. The van der Waals surface area contributed by atoms with Crippen LogP contribution in [0.25, 0.3) is 0 Å². The van der Waals surface area contributed by atoms with E-state index in [9.17, 15) is 4.79 Å². The van der Waals surface area contributed by atoms with Crippen molar-refractivity contribution in [2.24, 2.45) is 0 Å². The Kier molecular flexibility index (Phi) is 6.36. The molecule has 0 aliphatic carbocycles. The molecule has 4 heteroatoms. The van der Waals surface area contributed by atoms with Crippen LogP contribution in [0, 0.1) is 6.92 Å². The van der Waals surface area contributed by atoms with E-state index in [1.165, 1.54) is 0 Å². The number of aryl methyl sites for hydroxylation is 1. The van der Waals surface area contributed by atoms with Crippen LogP contribution in [0.1, 0.15) is 36.2 Å². The van der Waals surface area contributed by atoms with Gasteiger partial charge in [0.05, 0.1) is 5.56 Å². The lowest BCUT2D eigenvalue weighted by atomic mass is 10.1. The molecule has 0 saturated carbocycles. The van der Waals surface area contributed by atoms with Gasteiger partial charge in [-0.2, -0.15) is 0 Å². The second-order valence-electron chi connectivity index (χ2n) is 4.74. The first-order chi connectivity index (χ1) is 9.08. The third-order valence-electron chi connectivity index (χ3n) is 2.92. The van der Waals surface area contributed by atoms with Gasteiger partial charge in [0.25, 0.3) is 5.91 Å². The molecule has 0 saturated heterocycles. The van der Waals surface area contributed by atoms with Crippen LogP contribution in [-0.4, -0.2) is 32.2 Å². The molecule has 1 amide bonds. The minimum atomic E-state index is -0.0387. The molecule has 1 atom stereocenters. The van der Waals surface area contributed by atoms with E-state index >= 15 is 0 Å². The number of nitrogens with one attached hydrogen (secondary N) is 2. The zero-order valence-electron chi connectivity index (χ0n) is 12.2. The molecule has 0 fully saturated rings. The topological polar surface area (TPSA) is 50.4 Å².